The molecule has 25 heavy (non-hydrogen) atoms. The number of carbonyl (C=O) groups is 2. The molecule has 0 radical (unpaired) electrons. The smallest absolute Gasteiger partial charge is 0.242 e. The van der Waals surface area contributed by atoms with Gasteiger partial charge in [0, 0.05) is 12.0 Å². The van der Waals surface area contributed by atoms with Crippen LogP contribution in [0, 0.1) is 5.41 Å². The van der Waals surface area contributed by atoms with Crippen molar-refractivity contribution in [3.63, 3.8) is 0 Å². The van der Waals surface area contributed by atoms with Crippen LogP contribution < -0.4 is 10.6 Å². The molecule has 0 aromatic heterocycles. The van der Waals surface area contributed by atoms with E-state index < -0.39 is 17.6 Å². The summed E-state index contributed by atoms with van der Waals surface area (Å²) in [5.74, 6) is -0.503. The maximum atomic E-state index is 12.1. The van der Waals surface area contributed by atoms with Crippen molar-refractivity contribution in [1.82, 2.24) is 10.6 Å². The van der Waals surface area contributed by atoms with Gasteiger partial charge in [0.05, 0.1) is 6.10 Å². The van der Waals surface area contributed by atoms with Gasteiger partial charge in [-0.25, -0.2) is 0 Å². The van der Waals surface area contributed by atoms with E-state index in [1.807, 2.05) is 24.3 Å². The Bertz CT molecular complexity index is 595. The van der Waals surface area contributed by atoms with Crippen LogP contribution in [-0.4, -0.2) is 29.5 Å². The van der Waals surface area contributed by atoms with Crippen molar-refractivity contribution >= 4 is 11.8 Å². The van der Waals surface area contributed by atoms with E-state index >= 15 is 0 Å². The molecule has 3 N–H and O–H groups in total. The number of carbonyl (C=O) groups excluding carboxylic acids is 2. The summed E-state index contributed by atoms with van der Waals surface area (Å²) in [5, 5.41) is 15.6. The highest BCUT2D eigenvalue weighted by atomic mass is 16.3. The molecule has 2 amide bonds. The van der Waals surface area contributed by atoms with Gasteiger partial charge in [0.25, 0.3) is 0 Å². The van der Waals surface area contributed by atoms with Crippen LogP contribution in [0.2, 0.25) is 0 Å². The van der Waals surface area contributed by atoms with E-state index in [4.69, 9.17) is 0 Å². The second-order valence-electron chi connectivity index (χ2n) is 8.58. The van der Waals surface area contributed by atoms with Gasteiger partial charge >= 0.3 is 0 Å². The molecule has 0 fully saturated rings. The average Bonchev–Trinajstić information content (AvgIpc) is 2.50. The molecule has 0 saturated carbocycles. The van der Waals surface area contributed by atoms with E-state index in [1.165, 1.54) is 5.56 Å². The van der Waals surface area contributed by atoms with Crippen LogP contribution in [0.5, 0.6) is 0 Å². The number of rotatable bonds is 5. The molecule has 0 bridgehead atoms. The molecule has 0 unspecified atom stereocenters. The molecule has 0 aliphatic rings. The van der Waals surface area contributed by atoms with Gasteiger partial charge in [-0.3, -0.25) is 9.59 Å². The van der Waals surface area contributed by atoms with Crippen molar-refractivity contribution in [3.05, 3.63) is 35.4 Å². The van der Waals surface area contributed by atoms with Crippen LogP contribution in [-0.2, 0) is 15.0 Å². The van der Waals surface area contributed by atoms with Crippen molar-refractivity contribution in [2.24, 2.45) is 5.41 Å². The van der Waals surface area contributed by atoms with Gasteiger partial charge in [0.1, 0.15) is 6.04 Å². The molecule has 140 valence electrons. The van der Waals surface area contributed by atoms with Gasteiger partial charge in [-0.15, -0.1) is 0 Å². The first-order chi connectivity index (χ1) is 11.3. The van der Waals surface area contributed by atoms with Gasteiger partial charge in [0.15, 0.2) is 0 Å². The molecule has 0 aliphatic carbocycles. The van der Waals surface area contributed by atoms with Gasteiger partial charge < -0.3 is 15.7 Å². The predicted molar refractivity (Wildman–Crippen MR) is 100 cm³/mol. The normalized spacial score (nSPS) is 14.6. The zero-order valence-corrected chi connectivity index (χ0v) is 16.4. The molecular weight excluding hydrogens is 316 g/mol. The van der Waals surface area contributed by atoms with Gasteiger partial charge in [-0.2, -0.15) is 0 Å². The number of benzene rings is 1. The number of aliphatic hydroxyl groups excluding tert-OH is 1. The quantitative estimate of drug-likeness (QED) is 0.765. The number of hydrogen-bond donors (Lipinski definition) is 3. The molecule has 0 saturated heterocycles. The number of amides is 2. The lowest BCUT2D eigenvalue weighted by atomic mass is 9.86. The summed E-state index contributed by atoms with van der Waals surface area (Å²) in [6.45, 7) is 13.5. The zero-order valence-electron chi connectivity index (χ0n) is 16.4. The fourth-order valence-electron chi connectivity index (χ4n) is 2.15. The predicted octanol–water partition coefficient (Wildman–Crippen LogP) is 2.68. The first kappa shape index (κ1) is 21.2. The van der Waals surface area contributed by atoms with E-state index in [1.54, 1.807) is 27.7 Å². The van der Waals surface area contributed by atoms with Crippen LogP contribution >= 0.6 is 0 Å². The minimum Gasteiger partial charge on any atom is -0.387 e. The second-order valence-corrected chi connectivity index (χ2v) is 8.58. The Morgan fingerprint density at radius 1 is 1.04 bits per heavy atom. The first-order valence-electron chi connectivity index (χ1n) is 8.69. The van der Waals surface area contributed by atoms with Crippen LogP contribution in [0.1, 0.15) is 65.7 Å². The molecule has 5 nitrogen and oxygen atoms in total. The lowest BCUT2D eigenvalue weighted by Gasteiger charge is -2.22. The largest absolute Gasteiger partial charge is 0.387 e. The molecule has 0 spiro atoms. The van der Waals surface area contributed by atoms with Crippen LogP contribution in [0.25, 0.3) is 0 Å². The second kappa shape index (κ2) is 8.00. The van der Waals surface area contributed by atoms with Crippen molar-refractivity contribution in [2.75, 3.05) is 6.54 Å². The average molecular weight is 348 g/mol. The molecule has 2 atom stereocenters. The van der Waals surface area contributed by atoms with Gasteiger partial charge in [-0.1, -0.05) is 65.8 Å². The van der Waals surface area contributed by atoms with Crippen molar-refractivity contribution < 1.29 is 14.7 Å². The summed E-state index contributed by atoms with van der Waals surface area (Å²) < 4.78 is 0. The highest BCUT2D eigenvalue weighted by Gasteiger charge is 2.25. The Labute approximate surface area is 151 Å². The third-order valence-corrected chi connectivity index (χ3v) is 4.05. The van der Waals surface area contributed by atoms with Crippen LogP contribution in [0.15, 0.2) is 24.3 Å². The van der Waals surface area contributed by atoms with E-state index in [-0.39, 0.29) is 23.8 Å². The Morgan fingerprint density at radius 2 is 1.56 bits per heavy atom. The van der Waals surface area contributed by atoms with E-state index in [0.717, 1.165) is 5.56 Å². The Morgan fingerprint density at radius 3 is 2.00 bits per heavy atom. The van der Waals surface area contributed by atoms with Crippen LogP contribution in [0.4, 0.5) is 0 Å². The fraction of sp³-hybridized carbons (Fsp3) is 0.600. The molecule has 1 rings (SSSR count). The highest BCUT2D eigenvalue weighted by molar-refractivity contribution is 5.89. The van der Waals surface area contributed by atoms with Gasteiger partial charge in [0.2, 0.25) is 11.8 Å². The van der Waals surface area contributed by atoms with Crippen molar-refractivity contribution in [3.8, 4) is 0 Å². The molecule has 1 aromatic carbocycles. The zero-order chi connectivity index (χ0) is 19.4. The molecule has 1 aromatic rings. The molecule has 0 aliphatic heterocycles. The Hall–Kier alpha value is -1.88. The number of hydrogen-bond acceptors (Lipinski definition) is 3. The number of aliphatic hydroxyl groups is 1. The monoisotopic (exact) mass is 348 g/mol. The third kappa shape index (κ3) is 6.50. The van der Waals surface area contributed by atoms with E-state index in [9.17, 15) is 14.7 Å². The summed E-state index contributed by atoms with van der Waals surface area (Å²) in [7, 11) is 0. The van der Waals surface area contributed by atoms with Crippen molar-refractivity contribution in [1.29, 1.82) is 0 Å². The first-order valence-corrected chi connectivity index (χ1v) is 8.69. The van der Waals surface area contributed by atoms with Gasteiger partial charge in [-0.05, 0) is 23.5 Å². The molecule has 5 heteroatoms. The van der Waals surface area contributed by atoms with Crippen LogP contribution in [0.3, 0.4) is 0 Å². The maximum Gasteiger partial charge on any atom is 0.242 e. The fourth-order valence-corrected chi connectivity index (χ4v) is 2.15. The maximum absolute atomic E-state index is 12.1. The highest BCUT2D eigenvalue weighted by Crippen LogP contribution is 2.23. The SMILES string of the molecule is C[C@@H](NC(=O)C(C)(C)C)C(=O)NC[C@H](O)c1ccc(C(C)(C)C)cc1. The minimum atomic E-state index is -0.788. The van der Waals surface area contributed by atoms with E-state index in [0.29, 0.717) is 0 Å². The Kier molecular flexibility index (Phi) is 6.77. The van der Waals surface area contributed by atoms with E-state index in [2.05, 4.69) is 31.4 Å². The Balaban J connectivity index is 2.56. The lowest BCUT2D eigenvalue weighted by molar-refractivity contribution is -0.133. The number of nitrogens with one attached hydrogen (secondary N) is 2. The molecular formula is C20H32N2O3. The summed E-state index contributed by atoms with van der Waals surface area (Å²) in [6.07, 6.45) is -0.788. The topological polar surface area (TPSA) is 78.4 Å². The summed E-state index contributed by atoms with van der Waals surface area (Å²) in [5.41, 5.74) is 1.44. The summed E-state index contributed by atoms with van der Waals surface area (Å²) in [6, 6.07) is 7.09. The summed E-state index contributed by atoms with van der Waals surface area (Å²) in [4.78, 5) is 24.0. The molecule has 0 heterocycles. The lowest BCUT2D eigenvalue weighted by Crippen LogP contribution is -2.48. The third-order valence-electron chi connectivity index (χ3n) is 4.05. The minimum absolute atomic E-state index is 0.0540. The standard InChI is InChI=1S/C20H32N2O3/c1-13(22-18(25)20(5,6)7)17(24)21-12-16(23)14-8-10-15(11-9-14)19(2,3)4/h8-11,13,16,23H,12H2,1-7H3,(H,21,24)(H,22,25)/t13-,16+/m1/s1. The summed E-state index contributed by atoms with van der Waals surface area (Å²) >= 11 is 0. The van der Waals surface area contributed by atoms with Crippen molar-refractivity contribution in [2.45, 2.75) is 66.0 Å².